The topological polar surface area (TPSA) is 78.8 Å². The highest BCUT2D eigenvalue weighted by Gasteiger charge is 2.00. The summed E-state index contributed by atoms with van der Waals surface area (Å²) in [6.07, 6.45) is 5.03. The zero-order valence-corrected chi connectivity index (χ0v) is 8.36. The smallest absolute Gasteiger partial charge is 0.309 e. The molecule has 0 amide bonds. The summed E-state index contributed by atoms with van der Waals surface area (Å²) in [5.41, 5.74) is 1.05. The lowest BCUT2D eigenvalue weighted by molar-refractivity contribution is -0.142. The van der Waals surface area contributed by atoms with E-state index in [9.17, 15) is 4.79 Å². The first-order valence-electron chi connectivity index (χ1n) is 4.53. The number of ether oxygens (including phenoxy) is 1. The molecular formula is C10H11N3O2. The Labute approximate surface area is 87.4 Å². The predicted molar refractivity (Wildman–Crippen MR) is 53.6 cm³/mol. The van der Waals surface area contributed by atoms with Crippen molar-refractivity contribution in [1.82, 2.24) is 10.2 Å². The number of esters is 1. The average Bonchev–Trinajstić information content (AvgIpc) is 2.66. The summed E-state index contributed by atoms with van der Waals surface area (Å²) in [5, 5.41) is 14.9. The average molecular weight is 205 g/mol. The SMILES string of the molecule is CCOC(=O)CC=Cc1cn[nH]c1C#N. The third kappa shape index (κ3) is 3.27. The van der Waals surface area contributed by atoms with E-state index >= 15 is 0 Å². The van der Waals surface area contributed by atoms with E-state index in [1.54, 1.807) is 19.1 Å². The van der Waals surface area contributed by atoms with Gasteiger partial charge >= 0.3 is 5.97 Å². The summed E-state index contributed by atoms with van der Waals surface area (Å²) < 4.78 is 4.74. The quantitative estimate of drug-likeness (QED) is 0.750. The minimum absolute atomic E-state index is 0.198. The van der Waals surface area contributed by atoms with Crippen LogP contribution in [-0.2, 0) is 9.53 Å². The van der Waals surface area contributed by atoms with Crippen LogP contribution in [0.1, 0.15) is 24.6 Å². The van der Waals surface area contributed by atoms with Crippen LogP contribution >= 0.6 is 0 Å². The standard InChI is InChI=1S/C10H11N3O2/c1-2-15-10(14)5-3-4-8-7-12-13-9(8)6-11/h3-4,7H,2,5H2,1H3,(H,12,13). The van der Waals surface area contributed by atoms with Gasteiger partial charge in [0.05, 0.1) is 19.2 Å². The molecular weight excluding hydrogens is 194 g/mol. The molecule has 0 atom stereocenters. The van der Waals surface area contributed by atoms with Crippen molar-refractivity contribution in [2.75, 3.05) is 6.61 Å². The Kier molecular flexibility index (Phi) is 4.10. The van der Waals surface area contributed by atoms with Crippen molar-refractivity contribution in [3.63, 3.8) is 0 Å². The molecule has 0 aliphatic heterocycles. The Morgan fingerprint density at radius 3 is 3.27 bits per heavy atom. The van der Waals surface area contributed by atoms with Crippen molar-refractivity contribution in [1.29, 1.82) is 5.26 Å². The maximum Gasteiger partial charge on any atom is 0.309 e. The molecule has 1 N–H and O–H groups in total. The molecule has 5 nitrogen and oxygen atoms in total. The van der Waals surface area contributed by atoms with Gasteiger partial charge in [0.2, 0.25) is 0 Å². The van der Waals surface area contributed by atoms with Crippen LogP contribution in [-0.4, -0.2) is 22.8 Å². The minimum Gasteiger partial charge on any atom is -0.466 e. The summed E-state index contributed by atoms with van der Waals surface area (Å²) in [6, 6.07) is 1.95. The van der Waals surface area contributed by atoms with Crippen molar-refractivity contribution in [2.24, 2.45) is 0 Å². The number of carbonyl (C=O) groups excluding carboxylic acids is 1. The molecule has 0 fully saturated rings. The second-order valence-electron chi connectivity index (χ2n) is 2.72. The highest BCUT2D eigenvalue weighted by atomic mass is 16.5. The number of nitrogens with zero attached hydrogens (tertiary/aromatic N) is 2. The number of aromatic amines is 1. The van der Waals surface area contributed by atoms with E-state index in [0.29, 0.717) is 17.9 Å². The predicted octanol–water partition coefficient (Wildman–Crippen LogP) is 1.25. The van der Waals surface area contributed by atoms with Gasteiger partial charge in [-0.15, -0.1) is 0 Å². The van der Waals surface area contributed by atoms with Crippen LogP contribution in [0.15, 0.2) is 12.3 Å². The van der Waals surface area contributed by atoms with Crippen LogP contribution in [0.4, 0.5) is 0 Å². The molecule has 15 heavy (non-hydrogen) atoms. The molecule has 0 radical (unpaired) electrons. The second-order valence-corrected chi connectivity index (χ2v) is 2.72. The normalized spacial score (nSPS) is 10.1. The molecule has 1 heterocycles. The zero-order valence-electron chi connectivity index (χ0n) is 8.36. The molecule has 1 aromatic rings. The van der Waals surface area contributed by atoms with Gasteiger partial charge in [0.25, 0.3) is 0 Å². The number of hydrogen-bond acceptors (Lipinski definition) is 4. The van der Waals surface area contributed by atoms with Gasteiger partial charge in [-0.3, -0.25) is 9.89 Å². The van der Waals surface area contributed by atoms with Gasteiger partial charge in [-0.25, -0.2) is 0 Å². The molecule has 78 valence electrons. The molecule has 0 bridgehead atoms. The Balaban J connectivity index is 2.52. The van der Waals surface area contributed by atoms with E-state index in [1.807, 2.05) is 6.07 Å². The van der Waals surface area contributed by atoms with E-state index in [1.165, 1.54) is 6.20 Å². The Morgan fingerprint density at radius 2 is 2.60 bits per heavy atom. The molecule has 0 unspecified atom stereocenters. The highest BCUT2D eigenvalue weighted by Crippen LogP contribution is 2.05. The largest absolute Gasteiger partial charge is 0.466 e. The van der Waals surface area contributed by atoms with Crippen molar-refractivity contribution >= 4 is 12.0 Å². The third-order valence-electron chi connectivity index (χ3n) is 1.67. The first-order valence-corrected chi connectivity index (χ1v) is 4.53. The van der Waals surface area contributed by atoms with E-state index in [4.69, 9.17) is 10.00 Å². The molecule has 1 aromatic heterocycles. The monoisotopic (exact) mass is 205 g/mol. The first-order chi connectivity index (χ1) is 7.27. The zero-order chi connectivity index (χ0) is 11.1. The van der Waals surface area contributed by atoms with Crippen molar-refractivity contribution < 1.29 is 9.53 Å². The van der Waals surface area contributed by atoms with E-state index in [2.05, 4.69) is 10.2 Å². The van der Waals surface area contributed by atoms with Crippen LogP contribution in [0.5, 0.6) is 0 Å². The second kappa shape index (κ2) is 5.60. The maximum absolute atomic E-state index is 11.0. The molecule has 0 aromatic carbocycles. The van der Waals surface area contributed by atoms with Crippen molar-refractivity contribution in [2.45, 2.75) is 13.3 Å². The van der Waals surface area contributed by atoms with Gasteiger partial charge < -0.3 is 4.74 Å². The van der Waals surface area contributed by atoms with E-state index in [-0.39, 0.29) is 12.4 Å². The lowest BCUT2D eigenvalue weighted by Crippen LogP contribution is -2.01. The van der Waals surface area contributed by atoms with Crippen molar-refractivity contribution in [3.05, 3.63) is 23.5 Å². The van der Waals surface area contributed by atoms with Crippen LogP contribution in [0.25, 0.3) is 6.08 Å². The summed E-state index contributed by atoms with van der Waals surface area (Å²) in [6.45, 7) is 2.13. The summed E-state index contributed by atoms with van der Waals surface area (Å²) >= 11 is 0. The third-order valence-corrected chi connectivity index (χ3v) is 1.67. The Morgan fingerprint density at radius 1 is 1.80 bits per heavy atom. The number of hydrogen-bond donors (Lipinski definition) is 1. The van der Waals surface area contributed by atoms with Gasteiger partial charge in [-0.2, -0.15) is 10.4 Å². The van der Waals surface area contributed by atoms with Gasteiger partial charge in [0.15, 0.2) is 0 Å². The van der Waals surface area contributed by atoms with Crippen molar-refractivity contribution in [3.8, 4) is 6.07 Å². The number of aromatic nitrogens is 2. The number of nitriles is 1. The molecule has 0 saturated heterocycles. The molecule has 0 spiro atoms. The van der Waals surface area contributed by atoms with Gasteiger partial charge in [0.1, 0.15) is 11.8 Å². The Hall–Kier alpha value is -2.09. The van der Waals surface area contributed by atoms with Crippen LogP contribution < -0.4 is 0 Å². The maximum atomic E-state index is 11.0. The molecule has 0 saturated carbocycles. The lowest BCUT2D eigenvalue weighted by atomic mass is 10.2. The molecule has 1 rings (SSSR count). The van der Waals surface area contributed by atoms with Gasteiger partial charge in [0, 0.05) is 5.56 Å². The molecule has 0 aliphatic rings. The number of nitrogens with one attached hydrogen (secondary N) is 1. The van der Waals surface area contributed by atoms with Crippen LogP contribution in [0, 0.1) is 11.3 Å². The fourth-order valence-corrected chi connectivity index (χ4v) is 1.01. The lowest BCUT2D eigenvalue weighted by Gasteiger charge is -1.96. The van der Waals surface area contributed by atoms with E-state index in [0.717, 1.165) is 0 Å². The summed E-state index contributed by atoms with van der Waals surface area (Å²) in [7, 11) is 0. The van der Waals surface area contributed by atoms with Crippen LogP contribution in [0.2, 0.25) is 0 Å². The van der Waals surface area contributed by atoms with Crippen LogP contribution in [0.3, 0.4) is 0 Å². The van der Waals surface area contributed by atoms with Gasteiger partial charge in [-0.1, -0.05) is 12.2 Å². The fourth-order valence-electron chi connectivity index (χ4n) is 1.01. The van der Waals surface area contributed by atoms with E-state index < -0.39 is 0 Å². The molecule has 0 aliphatic carbocycles. The minimum atomic E-state index is -0.282. The molecule has 5 heteroatoms. The number of carbonyl (C=O) groups is 1. The van der Waals surface area contributed by atoms with Gasteiger partial charge in [-0.05, 0) is 6.92 Å². The summed E-state index contributed by atoms with van der Waals surface area (Å²) in [4.78, 5) is 11.0. The fraction of sp³-hybridized carbons (Fsp3) is 0.300. The first kappa shape index (κ1) is 11.0. The number of rotatable bonds is 4. The summed E-state index contributed by atoms with van der Waals surface area (Å²) in [5.74, 6) is -0.282. The highest BCUT2D eigenvalue weighted by molar-refractivity contribution is 5.72. The Bertz CT molecular complexity index is 401. The number of H-pyrrole nitrogens is 1.